The number of benzene rings is 1. The lowest BCUT2D eigenvalue weighted by atomic mass is 10.0. The predicted octanol–water partition coefficient (Wildman–Crippen LogP) is 1.49. The van der Waals surface area contributed by atoms with Crippen LogP contribution in [0.3, 0.4) is 0 Å². The van der Waals surface area contributed by atoms with Crippen molar-refractivity contribution in [1.29, 1.82) is 0 Å². The fourth-order valence-electron chi connectivity index (χ4n) is 1.26. The molecular formula is C10H12O5. The minimum atomic E-state index is -0.799. The van der Waals surface area contributed by atoms with Gasteiger partial charge >= 0.3 is 0 Å². The third kappa shape index (κ3) is 1.96. The maximum atomic E-state index is 11.4. The van der Waals surface area contributed by atoms with Crippen LogP contribution >= 0.6 is 0 Å². The van der Waals surface area contributed by atoms with E-state index < -0.39 is 28.8 Å². The summed E-state index contributed by atoms with van der Waals surface area (Å²) < 4.78 is 0. The first-order valence-corrected chi connectivity index (χ1v) is 4.49. The fraction of sp³-hybridized carbons (Fsp3) is 0.300. The second-order valence-corrected chi connectivity index (χ2v) is 3.16. The molecule has 4 N–H and O–H groups in total. The number of hydrogen-bond donors (Lipinski definition) is 4. The SMILES string of the molecule is CCCC(=O)c1c(O)cc(O)c(O)c1O. The van der Waals surface area contributed by atoms with Crippen molar-refractivity contribution < 1.29 is 25.2 Å². The molecule has 15 heavy (non-hydrogen) atoms. The minimum Gasteiger partial charge on any atom is -0.507 e. The van der Waals surface area contributed by atoms with Crippen LogP contribution in [0.15, 0.2) is 6.07 Å². The summed E-state index contributed by atoms with van der Waals surface area (Å²) in [6, 6.07) is 0.817. The number of Topliss-reactive ketones (excluding diaryl/α,β-unsaturated/α-hetero) is 1. The highest BCUT2D eigenvalue weighted by Gasteiger charge is 2.21. The standard InChI is InChI=1S/C10H12O5/c1-2-3-5(11)8-6(12)4-7(13)9(14)10(8)15/h4,12-15H,2-3H2,1H3. The van der Waals surface area contributed by atoms with Gasteiger partial charge in [-0.25, -0.2) is 0 Å². The van der Waals surface area contributed by atoms with Gasteiger partial charge in [-0.15, -0.1) is 0 Å². The molecule has 1 aromatic rings. The van der Waals surface area contributed by atoms with Crippen molar-refractivity contribution in [3.05, 3.63) is 11.6 Å². The van der Waals surface area contributed by atoms with E-state index >= 15 is 0 Å². The zero-order valence-corrected chi connectivity index (χ0v) is 8.19. The fourth-order valence-corrected chi connectivity index (χ4v) is 1.26. The average molecular weight is 212 g/mol. The van der Waals surface area contributed by atoms with Gasteiger partial charge in [-0.1, -0.05) is 6.92 Å². The summed E-state index contributed by atoms with van der Waals surface area (Å²) in [6.07, 6.45) is 0.699. The maximum absolute atomic E-state index is 11.4. The molecule has 0 amide bonds. The molecule has 0 aliphatic heterocycles. The first-order chi connectivity index (χ1) is 6.99. The average Bonchev–Trinajstić information content (AvgIpc) is 2.15. The first kappa shape index (κ1) is 11.2. The van der Waals surface area contributed by atoms with Gasteiger partial charge in [0.2, 0.25) is 5.75 Å². The van der Waals surface area contributed by atoms with Crippen LogP contribution in [0.5, 0.6) is 23.0 Å². The Kier molecular flexibility index (Phi) is 3.04. The molecule has 0 bridgehead atoms. The summed E-state index contributed by atoms with van der Waals surface area (Å²) in [4.78, 5) is 11.4. The Morgan fingerprint density at radius 2 is 1.73 bits per heavy atom. The Morgan fingerprint density at radius 1 is 1.13 bits per heavy atom. The molecule has 1 aromatic carbocycles. The van der Waals surface area contributed by atoms with E-state index in [0.29, 0.717) is 6.42 Å². The van der Waals surface area contributed by atoms with Crippen molar-refractivity contribution in [3.63, 3.8) is 0 Å². The highest BCUT2D eigenvalue weighted by molar-refractivity contribution is 6.02. The molecule has 1 rings (SSSR count). The molecule has 0 radical (unpaired) electrons. The largest absolute Gasteiger partial charge is 0.507 e. The molecule has 0 aliphatic rings. The highest BCUT2D eigenvalue weighted by Crippen LogP contribution is 2.42. The Labute approximate surface area is 86.2 Å². The van der Waals surface area contributed by atoms with E-state index in [9.17, 15) is 15.0 Å². The molecule has 5 heteroatoms. The van der Waals surface area contributed by atoms with Crippen molar-refractivity contribution in [3.8, 4) is 23.0 Å². The molecule has 0 spiro atoms. The van der Waals surface area contributed by atoms with Crippen LogP contribution in [0.1, 0.15) is 30.1 Å². The molecule has 0 aromatic heterocycles. The third-order valence-electron chi connectivity index (χ3n) is 1.99. The number of aromatic hydroxyl groups is 4. The summed E-state index contributed by atoms with van der Waals surface area (Å²) in [6.45, 7) is 1.77. The zero-order valence-electron chi connectivity index (χ0n) is 8.19. The quantitative estimate of drug-likeness (QED) is 0.345. The van der Waals surface area contributed by atoms with Crippen LogP contribution in [-0.4, -0.2) is 26.2 Å². The Hall–Kier alpha value is -1.91. The number of hydrogen-bond acceptors (Lipinski definition) is 5. The van der Waals surface area contributed by atoms with Gasteiger partial charge in [-0.05, 0) is 6.42 Å². The molecule has 0 saturated heterocycles. The first-order valence-electron chi connectivity index (χ1n) is 4.49. The lowest BCUT2D eigenvalue weighted by molar-refractivity contribution is 0.0975. The minimum absolute atomic E-state index is 0.144. The summed E-state index contributed by atoms with van der Waals surface area (Å²) >= 11 is 0. The van der Waals surface area contributed by atoms with Gasteiger partial charge in [-0.3, -0.25) is 4.79 Å². The van der Waals surface area contributed by atoms with Gasteiger partial charge in [-0.2, -0.15) is 0 Å². The van der Waals surface area contributed by atoms with Gasteiger partial charge in [0.15, 0.2) is 17.3 Å². The van der Waals surface area contributed by atoms with Crippen molar-refractivity contribution in [1.82, 2.24) is 0 Å². The Balaban J connectivity index is 3.29. The van der Waals surface area contributed by atoms with Gasteiger partial charge in [0.25, 0.3) is 0 Å². The molecule has 0 fully saturated rings. The maximum Gasteiger partial charge on any atom is 0.201 e. The number of carbonyl (C=O) groups is 1. The Morgan fingerprint density at radius 3 is 2.27 bits per heavy atom. The van der Waals surface area contributed by atoms with Crippen molar-refractivity contribution in [2.45, 2.75) is 19.8 Å². The van der Waals surface area contributed by atoms with Crippen LogP contribution in [0.2, 0.25) is 0 Å². The third-order valence-corrected chi connectivity index (χ3v) is 1.99. The van der Waals surface area contributed by atoms with E-state index in [-0.39, 0.29) is 12.0 Å². The number of phenols is 4. The molecule has 0 aliphatic carbocycles. The van der Waals surface area contributed by atoms with Crippen LogP contribution in [-0.2, 0) is 0 Å². The second kappa shape index (κ2) is 4.08. The summed E-state index contributed by atoms with van der Waals surface area (Å²) in [5.41, 5.74) is -0.354. The van der Waals surface area contributed by atoms with Crippen LogP contribution < -0.4 is 0 Å². The molecule has 0 unspecified atom stereocenters. The number of phenolic OH excluding ortho intramolecular Hbond substituents is 4. The predicted molar refractivity (Wildman–Crippen MR) is 52.3 cm³/mol. The molecule has 0 heterocycles. The molecular weight excluding hydrogens is 200 g/mol. The van der Waals surface area contributed by atoms with Crippen molar-refractivity contribution >= 4 is 5.78 Å². The lowest BCUT2D eigenvalue weighted by Gasteiger charge is -2.08. The highest BCUT2D eigenvalue weighted by atomic mass is 16.3. The summed E-state index contributed by atoms with van der Waals surface area (Å²) in [5, 5.41) is 36.9. The van der Waals surface area contributed by atoms with E-state index in [0.717, 1.165) is 6.07 Å². The molecule has 0 saturated carbocycles. The smallest absolute Gasteiger partial charge is 0.201 e. The normalized spacial score (nSPS) is 10.2. The van der Waals surface area contributed by atoms with Crippen LogP contribution in [0, 0.1) is 0 Å². The zero-order chi connectivity index (χ0) is 11.6. The van der Waals surface area contributed by atoms with Crippen molar-refractivity contribution in [2.75, 3.05) is 0 Å². The second-order valence-electron chi connectivity index (χ2n) is 3.16. The molecule has 5 nitrogen and oxygen atoms in total. The van der Waals surface area contributed by atoms with Crippen LogP contribution in [0.25, 0.3) is 0 Å². The van der Waals surface area contributed by atoms with E-state index in [1.165, 1.54) is 0 Å². The van der Waals surface area contributed by atoms with Crippen LogP contribution in [0.4, 0.5) is 0 Å². The van der Waals surface area contributed by atoms with Crippen molar-refractivity contribution in [2.24, 2.45) is 0 Å². The number of ketones is 1. The Bertz CT molecular complexity index is 397. The molecule has 82 valence electrons. The lowest BCUT2D eigenvalue weighted by Crippen LogP contribution is -1.99. The van der Waals surface area contributed by atoms with E-state index in [4.69, 9.17) is 10.2 Å². The topological polar surface area (TPSA) is 98.0 Å². The summed E-state index contributed by atoms with van der Waals surface area (Å²) in [5.74, 6) is -3.28. The summed E-state index contributed by atoms with van der Waals surface area (Å²) in [7, 11) is 0. The number of rotatable bonds is 3. The van der Waals surface area contributed by atoms with Gasteiger partial charge < -0.3 is 20.4 Å². The number of carbonyl (C=O) groups excluding carboxylic acids is 1. The van der Waals surface area contributed by atoms with E-state index in [1.54, 1.807) is 6.92 Å². The van der Waals surface area contributed by atoms with E-state index in [1.807, 2.05) is 0 Å². The van der Waals surface area contributed by atoms with E-state index in [2.05, 4.69) is 0 Å². The van der Waals surface area contributed by atoms with Gasteiger partial charge in [0.1, 0.15) is 11.3 Å². The van der Waals surface area contributed by atoms with Gasteiger partial charge in [0, 0.05) is 12.5 Å². The monoisotopic (exact) mass is 212 g/mol. The molecule has 0 atom stereocenters. The van der Waals surface area contributed by atoms with Gasteiger partial charge in [0.05, 0.1) is 0 Å².